The van der Waals surface area contributed by atoms with E-state index in [0.717, 1.165) is 5.56 Å². The van der Waals surface area contributed by atoms with Crippen molar-refractivity contribution >= 4 is 11.9 Å². The second-order valence-electron chi connectivity index (χ2n) is 5.77. The van der Waals surface area contributed by atoms with Crippen molar-refractivity contribution in [2.24, 2.45) is 10.7 Å². The van der Waals surface area contributed by atoms with Crippen LogP contribution in [-0.4, -0.2) is 23.8 Å². The fourth-order valence-electron chi connectivity index (χ4n) is 2.62. The molecule has 1 aromatic rings. The largest absolute Gasteiger partial charge is 0.369 e. The predicted molar refractivity (Wildman–Crippen MR) is 74.8 cm³/mol. The van der Waals surface area contributed by atoms with E-state index in [4.69, 9.17) is 5.73 Å². The van der Waals surface area contributed by atoms with Crippen molar-refractivity contribution in [3.8, 4) is 0 Å². The van der Waals surface area contributed by atoms with Gasteiger partial charge in [0.1, 0.15) is 0 Å². The number of guanidine groups is 1. The van der Waals surface area contributed by atoms with E-state index in [0.29, 0.717) is 18.3 Å². The minimum atomic E-state index is -0.529. The highest BCUT2D eigenvalue weighted by Crippen LogP contribution is 2.42. The first-order valence-electron chi connectivity index (χ1n) is 6.72. The van der Waals surface area contributed by atoms with Crippen LogP contribution >= 0.6 is 0 Å². The highest BCUT2D eigenvalue weighted by Gasteiger charge is 2.36. The quantitative estimate of drug-likeness (QED) is 0.880. The second kappa shape index (κ2) is 4.08. The van der Waals surface area contributed by atoms with E-state index in [9.17, 15) is 4.79 Å². The zero-order valence-electron chi connectivity index (χ0n) is 11.4. The number of hydrogen-bond acceptors (Lipinski definition) is 3. The molecule has 1 amide bonds. The normalized spacial score (nSPS) is 27.4. The van der Waals surface area contributed by atoms with Crippen LogP contribution in [0.2, 0.25) is 0 Å². The van der Waals surface area contributed by atoms with E-state index < -0.39 is 5.54 Å². The number of hydrogen-bond donors (Lipinski definition) is 1. The number of rotatable bonds is 2. The minimum absolute atomic E-state index is 0.0202. The molecule has 1 heterocycles. The lowest BCUT2D eigenvalue weighted by molar-refractivity contribution is -0.128. The van der Waals surface area contributed by atoms with Gasteiger partial charge in [-0.1, -0.05) is 24.3 Å². The summed E-state index contributed by atoms with van der Waals surface area (Å²) in [6.07, 6.45) is 2.92. The van der Waals surface area contributed by atoms with Gasteiger partial charge in [0.05, 0.1) is 12.0 Å². The molecule has 0 spiro atoms. The number of nitrogens with zero attached hydrogens (tertiary/aromatic N) is 2. The Kier molecular flexibility index (Phi) is 2.62. The fourth-order valence-corrected chi connectivity index (χ4v) is 2.62. The highest BCUT2D eigenvalue weighted by molar-refractivity contribution is 5.98. The Bertz CT molecular complexity index is 562. The standard InChI is InChI=1S/C15H19N3O/c1-15(9-13(19)18(2)14(16)17-15)12-5-3-4-11(8-12)10-6-7-10/h3-5,8,10H,6-7,9H2,1-2H3,(H2,16,17)/t15-/m0/s1. The smallest absolute Gasteiger partial charge is 0.231 e. The summed E-state index contributed by atoms with van der Waals surface area (Å²) in [6.45, 7) is 1.98. The lowest BCUT2D eigenvalue weighted by atomic mass is 9.86. The molecule has 0 radical (unpaired) electrons. The third-order valence-corrected chi connectivity index (χ3v) is 4.13. The van der Waals surface area contributed by atoms with Crippen LogP contribution in [-0.2, 0) is 10.3 Å². The van der Waals surface area contributed by atoms with Crippen molar-refractivity contribution in [2.75, 3.05) is 7.05 Å². The molecule has 0 bridgehead atoms. The van der Waals surface area contributed by atoms with Gasteiger partial charge >= 0.3 is 0 Å². The number of nitrogens with two attached hydrogens (primary N) is 1. The Morgan fingerprint density at radius 2 is 2.16 bits per heavy atom. The van der Waals surface area contributed by atoms with Gasteiger partial charge in [0, 0.05) is 7.05 Å². The average Bonchev–Trinajstić information content (AvgIpc) is 3.20. The topological polar surface area (TPSA) is 58.7 Å². The molecule has 0 saturated heterocycles. The number of benzene rings is 1. The van der Waals surface area contributed by atoms with Crippen LogP contribution in [0.5, 0.6) is 0 Å². The van der Waals surface area contributed by atoms with Crippen molar-refractivity contribution in [1.29, 1.82) is 0 Å². The van der Waals surface area contributed by atoms with Gasteiger partial charge in [-0.2, -0.15) is 0 Å². The Balaban J connectivity index is 2.00. The van der Waals surface area contributed by atoms with Gasteiger partial charge in [0.15, 0.2) is 5.96 Å². The maximum atomic E-state index is 12.0. The lowest BCUT2D eigenvalue weighted by Gasteiger charge is -2.33. The third kappa shape index (κ3) is 2.11. The van der Waals surface area contributed by atoms with Crippen molar-refractivity contribution in [2.45, 2.75) is 37.6 Å². The fraction of sp³-hybridized carbons (Fsp3) is 0.467. The molecule has 19 heavy (non-hydrogen) atoms. The van der Waals surface area contributed by atoms with Crippen molar-refractivity contribution in [1.82, 2.24) is 4.90 Å². The summed E-state index contributed by atoms with van der Waals surface area (Å²) >= 11 is 0. The van der Waals surface area contributed by atoms with Gasteiger partial charge < -0.3 is 5.73 Å². The van der Waals surface area contributed by atoms with Gasteiger partial charge in [-0.25, -0.2) is 4.99 Å². The van der Waals surface area contributed by atoms with E-state index in [-0.39, 0.29) is 5.91 Å². The summed E-state index contributed by atoms with van der Waals surface area (Å²) < 4.78 is 0. The van der Waals surface area contributed by atoms with Crippen LogP contribution in [0, 0.1) is 0 Å². The summed E-state index contributed by atoms with van der Waals surface area (Å²) in [6, 6.07) is 8.45. The van der Waals surface area contributed by atoms with E-state index in [1.807, 2.05) is 13.0 Å². The SMILES string of the molecule is CN1C(=O)C[C@@](C)(c2cccc(C3CC3)c2)N=C1N. The molecule has 2 aliphatic rings. The predicted octanol–water partition coefficient (Wildman–Crippen LogP) is 1.96. The van der Waals surface area contributed by atoms with E-state index in [1.54, 1.807) is 7.05 Å². The second-order valence-corrected chi connectivity index (χ2v) is 5.77. The Morgan fingerprint density at radius 3 is 2.79 bits per heavy atom. The molecule has 1 aliphatic heterocycles. The lowest BCUT2D eigenvalue weighted by Crippen LogP contribution is -2.47. The summed E-state index contributed by atoms with van der Waals surface area (Å²) in [5.74, 6) is 1.02. The molecule has 4 nitrogen and oxygen atoms in total. The van der Waals surface area contributed by atoms with Crippen LogP contribution in [0.4, 0.5) is 0 Å². The summed E-state index contributed by atoms with van der Waals surface area (Å²) in [5, 5.41) is 0. The summed E-state index contributed by atoms with van der Waals surface area (Å²) in [4.78, 5) is 17.9. The maximum Gasteiger partial charge on any atom is 0.231 e. The first kappa shape index (κ1) is 12.2. The number of carbonyl (C=O) groups is 1. The minimum Gasteiger partial charge on any atom is -0.369 e. The molecule has 2 N–H and O–H groups in total. The molecule has 100 valence electrons. The molecule has 1 saturated carbocycles. The van der Waals surface area contributed by atoms with E-state index in [2.05, 4.69) is 23.2 Å². The molecule has 1 fully saturated rings. The van der Waals surface area contributed by atoms with Crippen molar-refractivity contribution < 1.29 is 4.79 Å². The van der Waals surface area contributed by atoms with Crippen LogP contribution < -0.4 is 5.73 Å². The van der Waals surface area contributed by atoms with Gasteiger partial charge in [-0.3, -0.25) is 9.69 Å². The van der Waals surface area contributed by atoms with Gasteiger partial charge in [0.2, 0.25) is 5.91 Å². The van der Waals surface area contributed by atoms with Gasteiger partial charge in [-0.15, -0.1) is 0 Å². The number of amides is 1. The molecule has 1 atom stereocenters. The number of aliphatic imine (C=N–C) groups is 1. The van der Waals surface area contributed by atoms with Crippen LogP contribution in [0.15, 0.2) is 29.3 Å². The Labute approximate surface area is 113 Å². The number of carbonyl (C=O) groups excluding carboxylic acids is 1. The van der Waals surface area contributed by atoms with E-state index in [1.165, 1.54) is 23.3 Å². The molecule has 4 heteroatoms. The van der Waals surface area contributed by atoms with Crippen LogP contribution in [0.1, 0.15) is 43.2 Å². The Hall–Kier alpha value is -1.84. The van der Waals surface area contributed by atoms with E-state index >= 15 is 0 Å². The van der Waals surface area contributed by atoms with Crippen LogP contribution in [0.3, 0.4) is 0 Å². The van der Waals surface area contributed by atoms with Gasteiger partial charge in [-0.05, 0) is 36.8 Å². The molecule has 0 aromatic heterocycles. The summed E-state index contributed by atoms with van der Waals surface area (Å²) in [7, 11) is 1.67. The van der Waals surface area contributed by atoms with Crippen molar-refractivity contribution in [3.05, 3.63) is 35.4 Å². The zero-order chi connectivity index (χ0) is 13.6. The first-order chi connectivity index (χ1) is 8.99. The molecule has 0 unspecified atom stereocenters. The molecule has 1 aliphatic carbocycles. The maximum absolute atomic E-state index is 12.0. The Morgan fingerprint density at radius 1 is 1.42 bits per heavy atom. The third-order valence-electron chi connectivity index (χ3n) is 4.13. The zero-order valence-corrected chi connectivity index (χ0v) is 11.4. The summed E-state index contributed by atoms with van der Waals surface area (Å²) in [5.41, 5.74) is 7.76. The molecular formula is C15H19N3O. The van der Waals surface area contributed by atoms with Crippen LogP contribution in [0.25, 0.3) is 0 Å². The molecule has 3 rings (SSSR count). The van der Waals surface area contributed by atoms with Gasteiger partial charge in [0.25, 0.3) is 0 Å². The first-order valence-corrected chi connectivity index (χ1v) is 6.72. The van der Waals surface area contributed by atoms with Crippen molar-refractivity contribution in [3.63, 3.8) is 0 Å². The average molecular weight is 257 g/mol. The highest BCUT2D eigenvalue weighted by atomic mass is 16.2. The molecule has 1 aromatic carbocycles. The molecular weight excluding hydrogens is 238 g/mol. The monoisotopic (exact) mass is 257 g/mol.